The Balaban J connectivity index is 3.54. The quantitative estimate of drug-likeness (QED) is 0.649. The van der Waals surface area contributed by atoms with Crippen LogP contribution in [-0.2, 0) is 0 Å². The number of carbonyl (C=O) groups is 1. The Bertz CT molecular complexity index is 387. The predicted molar refractivity (Wildman–Crippen MR) is 60.7 cm³/mol. The van der Waals surface area contributed by atoms with Gasteiger partial charge in [-0.2, -0.15) is 0 Å². The van der Waals surface area contributed by atoms with Gasteiger partial charge in [-0.25, -0.2) is 0 Å². The summed E-state index contributed by atoms with van der Waals surface area (Å²) in [6, 6.07) is 2.12. The minimum atomic E-state index is 0.820. The number of aldehydes is 1. The Morgan fingerprint density at radius 3 is 2.21 bits per heavy atom. The van der Waals surface area contributed by atoms with Crippen LogP contribution < -0.4 is 0 Å². The highest BCUT2D eigenvalue weighted by Gasteiger charge is 2.07. The zero-order valence-electron chi connectivity index (χ0n) is 9.22. The molecule has 0 saturated heterocycles. The first kappa shape index (κ1) is 10.7. The van der Waals surface area contributed by atoms with Crippen LogP contribution in [0.25, 0.3) is 6.08 Å². The van der Waals surface area contributed by atoms with Gasteiger partial charge in [0.15, 0.2) is 6.29 Å². The number of hydrogen-bond acceptors (Lipinski definition) is 1. The molecule has 1 rings (SSSR count). The van der Waals surface area contributed by atoms with E-state index in [1.54, 1.807) is 0 Å². The lowest BCUT2D eigenvalue weighted by molar-refractivity contribution is 0.112. The van der Waals surface area contributed by atoms with Crippen LogP contribution in [-0.4, -0.2) is 6.29 Å². The Labute approximate surface area is 85.5 Å². The van der Waals surface area contributed by atoms with Crippen molar-refractivity contribution in [2.75, 3.05) is 0 Å². The predicted octanol–water partition coefficient (Wildman–Crippen LogP) is 3.46. The van der Waals surface area contributed by atoms with Crippen molar-refractivity contribution in [2.45, 2.75) is 27.7 Å². The summed E-state index contributed by atoms with van der Waals surface area (Å²) in [6.45, 7) is 8.03. The van der Waals surface area contributed by atoms with Gasteiger partial charge in [0.25, 0.3) is 0 Å². The lowest BCUT2D eigenvalue weighted by atomic mass is 9.94. The molecule has 0 amide bonds. The van der Waals surface area contributed by atoms with Gasteiger partial charge >= 0.3 is 0 Å². The number of aryl methyl sites for hydroxylation is 2. The summed E-state index contributed by atoms with van der Waals surface area (Å²) in [5, 5.41) is 0. The van der Waals surface area contributed by atoms with Crippen molar-refractivity contribution < 1.29 is 4.79 Å². The van der Waals surface area contributed by atoms with E-state index >= 15 is 0 Å². The summed E-state index contributed by atoms with van der Waals surface area (Å²) in [5.74, 6) is 0. The van der Waals surface area contributed by atoms with Crippen molar-refractivity contribution in [1.29, 1.82) is 0 Å². The van der Waals surface area contributed by atoms with E-state index < -0.39 is 0 Å². The van der Waals surface area contributed by atoms with Gasteiger partial charge < -0.3 is 0 Å². The Morgan fingerprint density at radius 2 is 1.71 bits per heavy atom. The fraction of sp³-hybridized carbons (Fsp3) is 0.308. The minimum absolute atomic E-state index is 0.820. The third-order valence-corrected chi connectivity index (χ3v) is 2.59. The van der Waals surface area contributed by atoms with E-state index in [4.69, 9.17) is 0 Å². The van der Waals surface area contributed by atoms with Gasteiger partial charge in [-0.1, -0.05) is 18.2 Å². The molecule has 0 aromatic heterocycles. The lowest BCUT2D eigenvalue weighted by Gasteiger charge is -2.10. The van der Waals surface area contributed by atoms with E-state index in [1.165, 1.54) is 5.56 Å². The standard InChI is InChI=1S/C13H16O/c1-5-6-12-10(3)7-9(2)11(4)13(12)8-14/h5-8H,1-4H3/b6-5+. The van der Waals surface area contributed by atoms with Crippen LogP contribution in [0.2, 0.25) is 0 Å². The van der Waals surface area contributed by atoms with Crippen LogP contribution in [0.4, 0.5) is 0 Å². The highest BCUT2D eigenvalue weighted by molar-refractivity contribution is 5.85. The second-order valence-electron chi connectivity index (χ2n) is 3.58. The smallest absolute Gasteiger partial charge is 0.150 e. The molecule has 1 aromatic rings. The molecule has 0 unspecified atom stereocenters. The van der Waals surface area contributed by atoms with Crippen molar-refractivity contribution in [3.63, 3.8) is 0 Å². The van der Waals surface area contributed by atoms with Crippen molar-refractivity contribution in [3.8, 4) is 0 Å². The average molecular weight is 188 g/mol. The van der Waals surface area contributed by atoms with Crippen LogP contribution in [0.5, 0.6) is 0 Å². The molecule has 0 aliphatic rings. The Kier molecular flexibility index (Phi) is 3.23. The second kappa shape index (κ2) is 4.23. The number of hydrogen-bond donors (Lipinski definition) is 0. The molecule has 0 fully saturated rings. The molecule has 0 radical (unpaired) electrons. The van der Waals surface area contributed by atoms with Gasteiger partial charge in [-0.05, 0) is 49.9 Å². The number of carbonyl (C=O) groups excluding carboxylic acids is 1. The summed E-state index contributed by atoms with van der Waals surface area (Å²) >= 11 is 0. The molecule has 0 N–H and O–H groups in total. The first-order valence-corrected chi connectivity index (χ1v) is 4.80. The normalized spacial score (nSPS) is 10.9. The molecule has 0 bridgehead atoms. The maximum Gasteiger partial charge on any atom is 0.150 e. The summed E-state index contributed by atoms with van der Waals surface area (Å²) in [7, 11) is 0. The molecule has 0 heterocycles. The van der Waals surface area contributed by atoms with Gasteiger partial charge in [0.05, 0.1) is 0 Å². The van der Waals surface area contributed by atoms with Crippen molar-refractivity contribution in [3.05, 3.63) is 40.0 Å². The van der Waals surface area contributed by atoms with Crippen LogP contribution in [0.1, 0.15) is 39.5 Å². The first-order valence-electron chi connectivity index (χ1n) is 4.80. The first-order chi connectivity index (χ1) is 6.61. The van der Waals surface area contributed by atoms with E-state index in [2.05, 4.69) is 6.07 Å². The van der Waals surface area contributed by atoms with Crippen molar-refractivity contribution in [1.82, 2.24) is 0 Å². The van der Waals surface area contributed by atoms with Crippen molar-refractivity contribution in [2.24, 2.45) is 0 Å². The third kappa shape index (κ3) is 1.77. The molecular weight excluding hydrogens is 172 g/mol. The molecule has 1 aromatic carbocycles. The summed E-state index contributed by atoms with van der Waals surface area (Å²) < 4.78 is 0. The van der Waals surface area contributed by atoms with Gasteiger partial charge in [0.2, 0.25) is 0 Å². The highest BCUT2D eigenvalue weighted by Crippen LogP contribution is 2.21. The summed E-state index contributed by atoms with van der Waals surface area (Å²) in [5.41, 5.74) is 5.29. The van der Waals surface area contributed by atoms with Crippen molar-refractivity contribution >= 4 is 12.4 Å². The molecule has 0 spiro atoms. The monoisotopic (exact) mass is 188 g/mol. The second-order valence-corrected chi connectivity index (χ2v) is 3.58. The van der Waals surface area contributed by atoms with Gasteiger partial charge in [-0.3, -0.25) is 4.79 Å². The van der Waals surface area contributed by atoms with E-state index in [0.717, 1.165) is 28.5 Å². The van der Waals surface area contributed by atoms with Gasteiger partial charge in [0.1, 0.15) is 0 Å². The van der Waals surface area contributed by atoms with Gasteiger partial charge in [-0.15, -0.1) is 0 Å². The molecule has 0 aliphatic carbocycles. The fourth-order valence-corrected chi connectivity index (χ4v) is 1.68. The van der Waals surface area contributed by atoms with E-state index in [-0.39, 0.29) is 0 Å². The third-order valence-electron chi connectivity index (χ3n) is 2.59. The van der Waals surface area contributed by atoms with Gasteiger partial charge in [0, 0.05) is 5.56 Å². The highest BCUT2D eigenvalue weighted by atomic mass is 16.1. The molecular formula is C13H16O. The fourth-order valence-electron chi connectivity index (χ4n) is 1.68. The number of allylic oxidation sites excluding steroid dienone is 1. The van der Waals surface area contributed by atoms with Crippen LogP contribution >= 0.6 is 0 Å². The van der Waals surface area contributed by atoms with Crippen LogP contribution in [0, 0.1) is 20.8 Å². The topological polar surface area (TPSA) is 17.1 Å². The molecule has 1 heteroatoms. The molecule has 14 heavy (non-hydrogen) atoms. The summed E-state index contributed by atoms with van der Waals surface area (Å²) in [6.07, 6.45) is 4.90. The SMILES string of the molecule is C/C=C/c1c(C)cc(C)c(C)c1C=O. The van der Waals surface area contributed by atoms with E-state index in [9.17, 15) is 4.79 Å². The molecule has 74 valence electrons. The molecule has 0 saturated carbocycles. The molecule has 1 nitrogen and oxygen atoms in total. The summed E-state index contributed by atoms with van der Waals surface area (Å²) in [4.78, 5) is 11.0. The number of rotatable bonds is 2. The van der Waals surface area contributed by atoms with Crippen LogP contribution in [0.15, 0.2) is 12.1 Å². The largest absolute Gasteiger partial charge is 0.298 e. The number of benzene rings is 1. The molecule has 0 atom stereocenters. The zero-order valence-corrected chi connectivity index (χ0v) is 9.22. The van der Waals surface area contributed by atoms with Crippen LogP contribution in [0.3, 0.4) is 0 Å². The Hall–Kier alpha value is -1.37. The maximum absolute atomic E-state index is 11.0. The minimum Gasteiger partial charge on any atom is -0.298 e. The zero-order chi connectivity index (χ0) is 10.7. The van der Waals surface area contributed by atoms with E-state index in [1.807, 2.05) is 39.8 Å². The maximum atomic E-state index is 11.0. The van der Waals surface area contributed by atoms with E-state index in [0.29, 0.717) is 0 Å². The Morgan fingerprint density at radius 1 is 1.07 bits per heavy atom. The average Bonchev–Trinajstić information content (AvgIpc) is 2.15. The lowest BCUT2D eigenvalue weighted by Crippen LogP contribution is -1.97. The molecule has 0 aliphatic heterocycles.